The van der Waals surface area contributed by atoms with Crippen LogP contribution in [0.5, 0.6) is 5.75 Å². The van der Waals surface area contributed by atoms with Crippen molar-refractivity contribution in [2.75, 3.05) is 19.0 Å². The number of aryl methyl sites for hydroxylation is 2. The zero-order valence-electron chi connectivity index (χ0n) is 14.4. The van der Waals surface area contributed by atoms with E-state index in [-0.39, 0.29) is 10.6 Å². The number of methoxy groups -OCH3 is 1. The van der Waals surface area contributed by atoms with Crippen LogP contribution in [0.1, 0.15) is 11.1 Å². The highest BCUT2D eigenvalue weighted by atomic mass is 32.2. The van der Waals surface area contributed by atoms with Crippen LogP contribution in [-0.4, -0.2) is 28.0 Å². The molecule has 0 heterocycles. The molecule has 0 fully saturated rings. The van der Waals surface area contributed by atoms with E-state index in [4.69, 9.17) is 4.74 Å². The molecule has 140 valence electrons. The number of hydrogen-bond donors (Lipinski definition) is 2. The monoisotopic (exact) mass is 384 g/mol. The van der Waals surface area contributed by atoms with Gasteiger partial charge in [-0.25, -0.2) is 21.9 Å². The molecule has 2 rings (SSSR count). The highest BCUT2D eigenvalue weighted by Gasteiger charge is 2.22. The standard InChI is InChI=1S/C17H18F2N2O4S/c1-10-7-14(25-3)15(8-11(10)2)26(23,24)20-9-16(22)21-17-12(18)5-4-6-13(17)19/h4-8,20H,9H2,1-3H3,(H,21,22). The van der Waals surface area contributed by atoms with E-state index in [2.05, 4.69) is 4.72 Å². The third-order valence-electron chi connectivity index (χ3n) is 3.72. The first-order valence-electron chi connectivity index (χ1n) is 7.54. The molecule has 0 saturated heterocycles. The lowest BCUT2D eigenvalue weighted by Gasteiger charge is -2.13. The van der Waals surface area contributed by atoms with Crippen molar-refractivity contribution in [3.05, 3.63) is 53.1 Å². The van der Waals surface area contributed by atoms with Crippen molar-refractivity contribution in [2.45, 2.75) is 18.7 Å². The first-order chi connectivity index (χ1) is 12.2. The highest BCUT2D eigenvalue weighted by Crippen LogP contribution is 2.27. The second-order valence-electron chi connectivity index (χ2n) is 5.56. The van der Waals surface area contributed by atoms with Gasteiger partial charge in [0.25, 0.3) is 0 Å². The number of ether oxygens (including phenoxy) is 1. The SMILES string of the molecule is COc1cc(C)c(C)cc1S(=O)(=O)NCC(=O)Nc1c(F)cccc1F. The van der Waals surface area contributed by atoms with Gasteiger partial charge in [-0.3, -0.25) is 4.79 Å². The van der Waals surface area contributed by atoms with E-state index in [9.17, 15) is 22.0 Å². The summed E-state index contributed by atoms with van der Waals surface area (Å²) in [5.41, 5.74) is 0.929. The van der Waals surface area contributed by atoms with Crippen LogP contribution in [0.25, 0.3) is 0 Å². The summed E-state index contributed by atoms with van der Waals surface area (Å²) in [6.07, 6.45) is 0. The number of benzene rings is 2. The molecule has 0 aliphatic carbocycles. The molecule has 0 bridgehead atoms. The maximum absolute atomic E-state index is 13.5. The quantitative estimate of drug-likeness (QED) is 0.802. The summed E-state index contributed by atoms with van der Waals surface area (Å²) in [7, 11) is -2.74. The Kier molecular flexibility index (Phi) is 5.94. The topological polar surface area (TPSA) is 84.5 Å². The van der Waals surface area contributed by atoms with Gasteiger partial charge in [0.1, 0.15) is 28.0 Å². The Hall–Kier alpha value is -2.52. The average molecular weight is 384 g/mol. The van der Waals surface area contributed by atoms with Gasteiger partial charge >= 0.3 is 0 Å². The molecule has 0 radical (unpaired) electrons. The van der Waals surface area contributed by atoms with Crippen molar-refractivity contribution >= 4 is 21.6 Å². The van der Waals surface area contributed by atoms with E-state index in [0.717, 1.165) is 29.3 Å². The summed E-state index contributed by atoms with van der Waals surface area (Å²) in [6.45, 7) is 2.84. The zero-order chi connectivity index (χ0) is 19.5. The number of anilines is 1. The average Bonchev–Trinajstić information content (AvgIpc) is 2.58. The van der Waals surface area contributed by atoms with Gasteiger partial charge in [0, 0.05) is 0 Å². The Balaban J connectivity index is 2.16. The third kappa shape index (κ3) is 4.36. The van der Waals surface area contributed by atoms with Crippen molar-refractivity contribution in [1.29, 1.82) is 0 Å². The fourth-order valence-electron chi connectivity index (χ4n) is 2.17. The lowest BCUT2D eigenvalue weighted by molar-refractivity contribution is -0.115. The van der Waals surface area contributed by atoms with Crippen LogP contribution in [-0.2, 0) is 14.8 Å². The fraction of sp³-hybridized carbons (Fsp3) is 0.235. The van der Waals surface area contributed by atoms with Crippen LogP contribution >= 0.6 is 0 Å². The molecule has 0 unspecified atom stereocenters. The van der Waals surface area contributed by atoms with E-state index in [1.807, 2.05) is 5.32 Å². The zero-order valence-corrected chi connectivity index (χ0v) is 15.2. The van der Waals surface area contributed by atoms with Gasteiger partial charge in [-0.2, -0.15) is 0 Å². The lowest BCUT2D eigenvalue weighted by Crippen LogP contribution is -2.33. The van der Waals surface area contributed by atoms with Crippen molar-refractivity contribution in [1.82, 2.24) is 4.72 Å². The molecule has 0 aliphatic heterocycles. The predicted octanol–water partition coefficient (Wildman–Crippen LogP) is 2.51. The first-order valence-corrected chi connectivity index (χ1v) is 9.03. The summed E-state index contributed by atoms with van der Waals surface area (Å²) in [5.74, 6) is -2.71. The fourth-order valence-corrected chi connectivity index (χ4v) is 3.39. The maximum atomic E-state index is 13.5. The molecule has 0 aliphatic rings. The van der Waals surface area contributed by atoms with Crippen molar-refractivity contribution in [3.63, 3.8) is 0 Å². The van der Waals surface area contributed by atoms with E-state index >= 15 is 0 Å². The number of hydrogen-bond acceptors (Lipinski definition) is 4. The molecule has 2 aromatic rings. The number of para-hydroxylation sites is 1. The lowest BCUT2D eigenvalue weighted by atomic mass is 10.1. The molecule has 0 aromatic heterocycles. The molecule has 2 N–H and O–H groups in total. The summed E-state index contributed by atoms with van der Waals surface area (Å²) in [4.78, 5) is 11.7. The first kappa shape index (κ1) is 19.8. The molecule has 9 heteroatoms. The minimum absolute atomic E-state index is 0.126. The molecule has 0 saturated carbocycles. The number of halogens is 2. The van der Waals surface area contributed by atoms with Crippen LogP contribution in [0.3, 0.4) is 0 Å². The summed E-state index contributed by atoms with van der Waals surface area (Å²) < 4.78 is 59.1. The molecular weight excluding hydrogens is 366 g/mol. The third-order valence-corrected chi connectivity index (χ3v) is 5.14. The molecular formula is C17H18F2N2O4S. The van der Waals surface area contributed by atoms with Gasteiger partial charge in [-0.15, -0.1) is 0 Å². The van der Waals surface area contributed by atoms with E-state index in [1.54, 1.807) is 19.9 Å². The van der Waals surface area contributed by atoms with Gasteiger partial charge < -0.3 is 10.1 Å². The largest absolute Gasteiger partial charge is 0.495 e. The Morgan fingerprint density at radius 2 is 1.69 bits per heavy atom. The van der Waals surface area contributed by atoms with Crippen LogP contribution in [0.15, 0.2) is 35.2 Å². The summed E-state index contributed by atoms with van der Waals surface area (Å²) in [6, 6.07) is 6.09. The molecule has 2 aromatic carbocycles. The molecule has 0 spiro atoms. The van der Waals surface area contributed by atoms with Crippen LogP contribution < -0.4 is 14.8 Å². The van der Waals surface area contributed by atoms with Gasteiger partial charge in [0.15, 0.2) is 0 Å². The van der Waals surface area contributed by atoms with E-state index < -0.39 is 39.8 Å². The summed E-state index contributed by atoms with van der Waals surface area (Å²) >= 11 is 0. The van der Waals surface area contributed by atoms with Crippen molar-refractivity contribution in [2.24, 2.45) is 0 Å². The predicted molar refractivity (Wildman–Crippen MR) is 92.6 cm³/mol. The number of nitrogens with one attached hydrogen (secondary N) is 2. The number of amides is 1. The van der Waals surface area contributed by atoms with E-state index in [1.165, 1.54) is 13.2 Å². The molecule has 26 heavy (non-hydrogen) atoms. The van der Waals surface area contributed by atoms with Gasteiger partial charge in [-0.05, 0) is 49.2 Å². The summed E-state index contributed by atoms with van der Waals surface area (Å²) in [5, 5.41) is 2.00. The number of rotatable bonds is 6. The van der Waals surface area contributed by atoms with Crippen LogP contribution in [0.4, 0.5) is 14.5 Å². The smallest absolute Gasteiger partial charge is 0.244 e. The van der Waals surface area contributed by atoms with Crippen LogP contribution in [0, 0.1) is 25.5 Å². The Morgan fingerprint density at radius 3 is 2.27 bits per heavy atom. The van der Waals surface area contributed by atoms with Crippen LogP contribution in [0.2, 0.25) is 0 Å². The van der Waals surface area contributed by atoms with Crippen molar-refractivity contribution < 1.29 is 26.7 Å². The molecule has 1 amide bonds. The van der Waals surface area contributed by atoms with E-state index in [0.29, 0.717) is 0 Å². The minimum atomic E-state index is -4.07. The number of carbonyl (C=O) groups is 1. The van der Waals surface area contributed by atoms with Gasteiger partial charge in [0.05, 0.1) is 13.7 Å². The van der Waals surface area contributed by atoms with Gasteiger partial charge in [0.2, 0.25) is 15.9 Å². The Labute approximate surface area is 150 Å². The minimum Gasteiger partial charge on any atom is -0.495 e. The Morgan fingerprint density at radius 1 is 1.12 bits per heavy atom. The second kappa shape index (κ2) is 7.79. The molecule has 0 atom stereocenters. The maximum Gasteiger partial charge on any atom is 0.244 e. The van der Waals surface area contributed by atoms with Gasteiger partial charge in [-0.1, -0.05) is 6.07 Å². The molecule has 6 nitrogen and oxygen atoms in total. The normalized spacial score (nSPS) is 11.3. The Bertz CT molecular complexity index is 926. The highest BCUT2D eigenvalue weighted by molar-refractivity contribution is 7.89. The number of sulfonamides is 1. The van der Waals surface area contributed by atoms with Crippen molar-refractivity contribution in [3.8, 4) is 5.75 Å². The second-order valence-corrected chi connectivity index (χ2v) is 7.29. The number of carbonyl (C=O) groups excluding carboxylic acids is 1.